The van der Waals surface area contributed by atoms with Crippen LogP contribution in [0.3, 0.4) is 0 Å². The molecule has 0 aliphatic heterocycles. The van der Waals surface area contributed by atoms with Gasteiger partial charge in [0.05, 0.1) is 23.8 Å². The number of amides is 3. The lowest BCUT2D eigenvalue weighted by Gasteiger charge is -2.11. The van der Waals surface area contributed by atoms with Crippen LogP contribution in [0, 0.1) is 0 Å². The van der Waals surface area contributed by atoms with Gasteiger partial charge in [-0.15, -0.1) is 0 Å². The molecule has 0 fully saturated rings. The Kier molecular flexibility index (Phi) is 7.39. The van der Waals surface area contributed by atoms with Crippen molar-refractivity contribution in [2.24, 2.45) is 5.73 Å². The molecule has 0 saturated heterocycles. The van der Waals surface area contributed by atoms with E-state index in [2.05, 4.69) is 20.6 Å². The standard InChI is InChI=1S/C27H24N6O4/c1-33(2)26(35)18-8-6-17(7-9-18)20-10-11-24(30-14-20)31-21-13-22(16-29-15-21)32-25(34)19-4-3-5-23(12-19)37-27(28)36/h3-16H,1-2H3,(H2,28,36)(H,30,31)(H,32,34). The van der Waals surface area contributed by atoms with Crippen molar-refractivity contribution in [1.29, 1.82) is 0 Å². The second-order valence-corrected chi connectivity index (χ2v) is 8.20. The smallest absolute Gasteiger partial charge is 0.409 e. The summed E-state index contributed by atoms with van der Waals surface area (Å²) in [5.41, 5.74) is 8.84. The number of anilines is 3. The molecule has 0 radical (unpaired) electrons. The van der Waals surface area contributed by atoms with Gasteiger partial charge in [0.1, 0.15) is 11.6 Å². The van der Waals surface area contributed by atoms with Crippen LogP contribution in [0.25, 0.3) is 11.1 Å². The summed E-state index contributed by atoms with van der Waals surface area (Å²) in [7, 11) is 3.43. The number of nitrogens with two attached hydrogens (primary N) is 1. The molecule has 0 bridgehead atoms. The molecule has 0 unspecified atom stereocenters. The van der Waals surface area contributed by atoms with Gasteiger partial charge < -0.3 is 26.0 Å². The highest BCUT2D eigenvalue weighted by atomic mass is 16.5. The summed E-state index contributed by atoms with van der Waals surface area (Å²) in [6.07, 6.45) is 3.88. The molecule has 0 atom stereocenters. The van der Waals surface area contributed by atoms with Gasteiger partial charge in [-0.1, -0.05) is 18.2 Å². The summed E-state index contributed by atoms with van der Waals surface area (Å²) >= 11 is 0. The first-order valence-corrected chi connectivity index (χ1v) is 11.2. The quantitative estimate of drug-likeness (QED) is 0.347. The van der Waals surface area contributed by atoms with E-state index in [1.54, 1.807) is 56.8 Å². The number of benzene rings is 2. The van der Waals surface area contributed by atoms with Gasteiger partial charge in [0.15, 0.2) is 0 Å². The summed E-state index contributed by atoms with van der Waals surface area (Å²) in [6, 6.07) is 18.9. The topological polar surface area (TPSA) is 140 Å². The van der Waals surface area contributed by atoms with Crippen LogP contribution in [0.2, 0.25) is 0 Å². The molecule has 3 amide bonds. The van der Waals surface area contributed by atoms with Gasteiger partial charge in [-0.25, -0.2) is 9.78 Å². The fraction of sp³-hybridized carbons (Fsp3) is 0.0741. The third-order valence-electron chi connectivity index (χ3n) is 5.22. The van der Waals surface area contributed by atoms with Crippen molar-refractivity contribution in [2.45, 2.75) is 0 Å². The molecule has 4 rings (SSSR count). The van der Waals surface area contributed by atoms with Gasteiger partial charge >= 0.3 is 6.09 Å². The third-order valence-corrected chi connectivity index (χ3v) is 5.22. The zero-order valence-electron chi connectivity index (χ0n) is 20.1. The number of pyridine rings is 2. The molecule has 4 N–H and O–H groups in total. The van der Waals surface area contributed by atoms with E-state index in [0.29, 0.717) is 22.8 Å². The molecule has 10 nitrogen and oxygen atoms in total. The minimum absolute atomic E-state index is 0.0538. The SMILES string of the molecule is CN(C)C(=O)c1ccc(-c2ccc(Nc3cncc(NC(=O)c4cccc(OC(N)=O)c4)c3)nc2)cc1. The van der Waals surface area contributed by atoms with Gasteiger partial charge in [0, 0.05) is 37.0 Å². The van der Waals surface area contributed by atoms with Crippen molar-refractivity contribution in [3.05, 3.63) is 96.4 Å². The second-order valence-electron chi connectivity index (χ2n) is 8.20. The molecule has 0 saturated carbocycles. The Morgan fingerprint density at radius 1 is 0.838 bits per heavy atom. The van der Waals surface area contributed by atoms with Gasteiger partial charge in [0.25, 0.3) is 11.8 Å². The van der Waals surface area contributed by atoms with Gasteiger partial charge in [-0.2, -0.15) is 0 Å². The zero-order valence-corrected chi connectivity index (χ0v) is 20.1. The van der Waals surface area contributed by atoms with Crippen molar-refractivity contribution in [2.75, 3.05) is 24.7 Å². The molecular formula is C27H24N6O4. The summed E-state index contributed by atoms with van der Waals surface area (Å²) < 4.78 is 4.81. The van der Waals surface area contributed by atoms with E-state index in [1.165, 1.54) is 23.2 Å². The van der Waals surface area contributed by atoms with E-state index < -0.39 is 12.0 Å². The maximum atomic E-state index is 12.6. The van der Waals surface area contributed by atoms with Gasteiger partial charge in [-0.3, -0.25) is 14.6 Å². The number of rotatable bonds is 7. The Bertz CT molecular complexity index is 1440. The number of hydrogen-bond donors (Lipinski definition) is 3. The number of carbonyl (C=O) groups excluding carboxylic acids is 3. The van der Waals surface area contributed by atoms with Gasteiger partial charge in [-0.05, 0) is 54.1 Å². The lowest BCUT2D eigenvalue weighted by atomic mass is 10.1. The first-order valence-electron chi connectivity index (χ1n) is 11.2. The normalized spacial score (nSPS) is 10.3. The molecule has 186 valence electrons. The highest BCUT2D eigenvalue weighted by molar-refractivity contribution is 6.04. The molecule has 2 heterocycles. The summed E-state index contributed by atoms with van der Waals surface area (Å²) in [5, 5.41) is 5.91. The van der Waals surface area contributed by atoms with Crippen molar-refractivity contribution < 1.29 is 19.1 Å². The molecule has 2 aromatic carbocycles. The van der Waals surface area contributed by atoms with Crippen LogP contribution in [-0.2, 0) is 0 Å². The highest BCUT2D eigenvalue weighted by Gasteiger charge is 2.10. The third kappa shape index (κ3) is 6.45. The van der Waals surface area contributed by atoms with E-state index in [9.17, 15) is 14.4 Å². The molecule has 0 spiro atoms. The molecule has 4 aromatic rings. The first-order chi connectivity index (χ1) is 17.8. The number of nitrogens with zero attached hydrogens (tertiary/aromatic N) is 3. The Labute approximate surface area is 213 Å². The van der Waals surface area contributed by atoms with Crippen molar-refractivity contribution >= 4 is 35.1 Å². The number of nitrogens with one attached hydrogen (secondary N) is 2. The first kappa shape index (κ1) is 24.9. The van der Waals surface area contributed by atoms with Crippen molar-refractivity contribution in [1.82, 2.24) is 14.9 Å². The van der Waals surface area contributed by atoms with Crippen LogP contribution < -0.4 is 21.1 Å². The highest BCUT2D eigenvalue weighted by Crippen LogP contribution is 2.23. The van der Waals surface area contributed by atoms with Crippen LogP contribution in [0.15, 0.2) is 85.3 Å². The number of primary amides is 1. The van der Waals surface area contributed by atoms with E-state index in [0.717, 1.165) is 11.1 Å². The largest absolute Gasteiger partial charge is 0.410 e. The Morgan fingerprint density at radius 3 is 2.24 bits per heavy atom. The van der Waals surface area contributed by atoms with Crippen molar-refractivity contribution in [3.8, 4) is 16.9 Å². The number of ether oxygens (including phenoxy) is 1. The number of hydrogen-bond acceptors (Lipinski definition) is 7. The summed E-state index contributed by atoms with van der Waals surface area (Å²) in [6.45, 7) is 0. The second kappa shape index (κ2) is 11.0. The molecule has 0 aliphatic carbocycles. The lowest BCUT2D eigenvalue weighted by Crippen LogP contribution is -2.21. The Hall–Kier alpha value is -5.25. The Morgan fingerprint density at radius 2 is 1.57 bits per heavy atom. The van der Waals surface area contributed by atoms with Crippen LogP contribution >= 0.6 is 0 Å². The minimum atomic E-state index is -0.962. The maximum absolute atomic E-state index is 12.6. The van der Waals surface area contributed by atoms with Gasteiger partial charge in [0.2, 0.25) is 0 Å². The minimum Gasteiger partial charge on any atom is -0.410 e. The molecule has 0 aliphatic rings. The monoisotopic (exact) mass is 496 g/mol. The van der Waals surface area contributed by atoms with E-state index >= 15 is 0 Å². The molecule has 37 heavy (non-hydrogen) atoms. The maximum Gasteiger partial charge on any atom is 0.409 e. The molecular weight excluding hydrogens is 472 g/mol. The van der Waals surface area contributed by atoms with Crippen LogP contribution in [0.1, 0.15) is 20.7 Å². The predicted molar refractivity (Wildman–Crippen MR) is 140 cm³/mol. The van der Waals surface area contributed by atoms with Crippen molar-refractivity contribution in [3.63, 3.8) is 0 Å². The molecule has 10 heteroatoms. The predicted octanol–water partition coefficient (Wildman–Crippen LogP) is 4.30. The van der Waals surface area contributed by atoms with E-state index in [-0.39, 0.29) is 17.2 Å². The van der Waals surface area contributed by atoms with Crippen LogP contribution in [0.4, 0.5) is 22.0 Å². The fourth-order valence-corrected chi connectivity index (χ4v) is 3.45. The number of carbonyl (C=O) groups is 3. The Balaban J connectivity index is 1.41. The average molecular weight is 497 g/mol. The van der Waals surface area contributed by atoms with E-state index in [4.69, 9.17) is 10.5 Å². The summed E-state index contributed by atoms with van der Waals surface area (Å²) in [5.74, 6) is 0.294. The summed E-state index contributed by atoms with van der Waals surface area (Å²) in [4.78, 5) is 45.8. The molecule has 2 aromatic heterocycles. The average Bonchev–Trinajstić information content (AvgIpc) is 2.89. The lowest BCUT2D eigenvalue weighted by molar-refractivity contribution is 0.0827. The fourth-order valence-electron chi connectivity index (χ4n) is 3.45. The van der Waals surface area contributed by atoms with Crippen LogP contribution in [-0.4, -0.2) is 46.9 Å². The zero-order chi connectivity index (χ0) is 26.4. The van der Waals surface area contributed by atoms with E-state index in [1.807, 2.05) is 24.3 Å². The number of aromatic nitrogens is 2. The van der Waals surface area contributed by atoms with Crippen LogP contribution in [0.5, 0.6) is 5.75 Å².